The smallest absolute Gasteiger partial charge is 0.405 e. The monoisotopic (exact) mass is 254 g/mol. The molecule has 2 rings (SSSR count). The number of hydrogen-bond donors (Lipinski definition) is 1. The Kier molecular flexibility index (Phi) is 3.10. The lowest BCUT2D eigenvalue weighted by molar-refractivity contribution is -0.274. The van der Waals surface area contributed by atoms with Crippen LogP contribution in [0, 0.1) is 0 Å². The first-order chi connectivity index (χ1) is 8.46. The zero-order chi connectivity index (χ0) is 13.2. The van der Waals surface area contributed by atoms with Crippen LogP contribution in [-0.4, -0.2) is 11.3 Å². The molecule has 0 aliphatic carbocycles. The number of pyridine rings is 1. The van der Waals surface area contributed by atoms with Crippen LogP contribution in [-0.2, 0) is 0 Å². The minimum Gasteiger partial charge on any atom is -0.405 e. The van der Waals surface area contributed by atoms with Crippen LogP contribution >= 0.6 is 0 Å². The molecule has 2 N–H and O–H groups in total. The van der Waals surface area contributed by atoms with E-state index in [2.05, 4.69) is 9.72 Å². The molecule has 0 amide bonds. The van der Waals surface area contributed by atoms with E-state index in [0.717, 1.165) is 0 Å². The van der Waals surface area contributed by atoms with Crippen LogP contribution in [0.3, 0.4) is 0 Å². The summed E-state index contributed by atoms with van der Waals surface area (Å²) in [5, 5.41) is 0. The van der Waals surface area contributed by atoms with Gasteiger partial charge >= 0.3 is 6.36 Å². The average molecular weight is 254 g/mol. The van der Waals surface area contributed by atoms with Gasteiger partial charge in [-0.3, -0.25) is 4.98 Å². The van der Waals surface area contributed by atoms with Crippen LogP contribution in [0.25, 0.3) is 11.1 Å². The normalized spacial score (nSPS) is 11.3. The molecule has 0 aliphatic heterocycles. The average Bonchev–Trinajstić information content (AvgIpc) is 2.27. The maximum Gasteiger partial charge on any atom is 0.573 e. The summed E-state index contributed by atoms with van der Waals surface area (Å²) in [5.41, 5.74) is 6.67. The summed E-state index contributed by atoms with van der Waals surface area (Å²) in [4.78, 5) is 3.84. The van der Waals surface area contributed by atoms with E-state index in [1.165, 1.54) is 36.7 Å². The minimum absolute atomic E-state index is 0.280. The third-order valence-corrected chi connectivity index (χ3v) is 2.18. The highest BCUT2D eigenvalue weighted by Crippen LogP contribution is 2.33. The third-order valence-electron chi connectivity index (χ3n) is 2.18. The Labute approximate surface area is 101 Å². The van der Waals surface area contributed by atoms with Gasteiger partial charge in [-0.2, -0.15) is 0 Å². The van der Waals surface area contributed by atoms with Gasteiger partial charge in [0.1, 0.15) is 5.75 Å². The molecule has 94 valence electrons. The standard InChI is InChI=1S/C12H9F3N2O/c13-12(14,15)18-11-4-2-1-3-10(11)8-5-9(16)7-17-6-8/h1-7H,16H2. The number of nitrogens with zero attached hydrogens (tertiary/aromatic N) is 1. The van der Waals surface area contributed by atoms with Crippen molar-refractivity contribution in [2.24, 2.45) is 0 Å². The number of anilines is 1. The van der Waals surface area contributed by atoms with E-state index in [0.29, 0.717) is 11.3 Å². The molecule has 0 saturated carbocycles. The summed E-state index contributed by atoms with van der Waals surface area (Å²) >= 11 is 0. The molecule has 0 aliphatic rings. The van der Waals surface area contributed by atoms with E-state index < -0.39 is 6.36 Å². The summed E-state index contributed by atoms with van der Waals surface area (Å²) in [6.07, 6.45) is -1.89. The number of nitrogens with two attached hydrogens (primary N) is 1. The fraction of sp³-hybridized carbons (Fsp3) is 0.0833. The van der Waals surface area contributed by atoms with E-state index in [4.69, 9.17) is 5.73 Å². The zero-order valence-corrected chi connectivity index (χ0v) is 9.11. The zero-order valence-electron chi connectivity index (χ0n) is 9.11. The van der Waals surface area contributed by atoms with Gasteiger partial charge in [-0.25, -0.2) is 0 Å². The highest BCUT2D eigenvalue weighted by Gasteiger charge is 2.32. The first kappa shape index (κ1) is 12.2. The lowest BCUT2D eigenvalue weighted by atomic mass is 10.1. The number of rotatable bonds is 2. The molecular formula is C12H9F3N2O. The largest absolute Gasteiger partial charge is 0.573 e. The quantitative estimate of drug-likeness (QED) is 0.895. The van der Waals surface area contributed by atoms with Crippen molar-refractivity contribution in [2.75, 3.05) is 5.73 Å². The van der Waals surface area contributed by atoms with E-state index >= 15 is 0 Å². The van der Waals surface area contributed by atoms with Crippen LogP contribution < -0.4 is 10.5 Å². The topological polar surface area (TPSA) is 48.1 Å². The second kappa shape index (κ2) is 4.56. The fourth-order valence-electron chi connectivity index (χ4n) is 1.52. The molecule has 0 radical (unpaired) electrons. The minimum atomic E-state index is -4.73. The maximum absolute atomic E-state index is 12.3. The fourth-order valence-corrected chi connectivity index (χ4v) is 1.52. The summed E-state index contributed by atoms with van der Waals surface area (Å²) in [6, 6.07) is 7.36. The SMILES string of the molecule is Nc1cncc(-c2ccccc2OC(F)(F)F)c1. The molecule has 0 bridgehead atoms. The lowest BCUT2D eigenvalue weighted by Gasteiger charge is -2.13. The van der Waals surface area contributed by atoms with Crippen molar-refractivity contribution < 1.29 is 17.9 Å². The summed E-state index contributed by atoms with van der Waals surface area (Å²) in [7, 11) is 0. The molecule has 0 saturated heterocycles. The number of halogens is 3. The third kappa shape index (κ3) is 2.91. The van der Waals surface area contributed by atoms with E-state index in [9.17, 15) is 13.2 Å². The summed E-state index contributed by atoms with van der Waals surface area (Å²) in [6.45, 7) is 0. The molecule has 1 heterocycles. The Morgan fingerprint density at radius 2 is 1.83 bits per heavy atom. The molecule has 1 aromatic carbocycles. The molecule has 18 heavy (non-hydrogen) atoms. The van der Waals surface area contributed by atoms with Crippen LogP contribution in [0.4, 0.5) is 18.9 Å². The number of benzene rings is 1. The number of nitrogen functional groups attached to an aromatic ring is 1. The molecule has 1 aromatic heterocycles. The van der Waals surface area contributed by atoms with Gasteiger partial charge < -0.3 is 10.5 Å². The highest BCUT2D eigenvalue weighted by molar-refractivity contribution is 5.71. The van der Waals surface area contributed by atoms with Gasteiger partial charge in [0, 0.05) is 23.5 Å². The number of ether oxygens (including phenoxy) is 1. The van der Waals surface area contributed by atoms with Crippen LogP contribution in [0.2, 0.25) is 0 Å². The molecule has 3 nitrogen and oxygen atoms in total. The summed E-state index contributed by atoms with van der Waals surface area (Å²) < 4.78 is 40.7. The molecular weight excluding hydrogens is 245 g/mol. The second-order valence-corrected chi connectivity index (χ2v) is 3.55. The first-order valence-electron chi connectivity index (χ1n) is 5.01. The number of alkyl halides is 3. The second-order valence-electron chi connectivity index (χ2n) is 3.55. The van der Waals surface area contributed by atoms with Crippen molar-refractivity contribution in [3.05, 3.63) is 42.7 Å². The van der Waals surface area contributed by atoms with Crippen molar-refractivity contribution in [3.63, 3.8) is 0 Å². The van der Waals surface area contributed by atoms with Crippen LogP contribution in [0.15, 0.2) is 42.7 Å². The van der Waals surface area contributed by atoms with Gasteiger partial charge in [0.05, 0.1) is 5.69 Å². The van der Waals surface area contributed by atoms with Gasteiger partial charge in [0.25, 0.3) is 0 Å². The van der Waals surface area contributed by atoms with Gasteiger partial charge in [-0.05, 0) is 12.1 Å². The molecule has 2 aromatic rings. The van der Waals surface area contributed by atoms with Crippen LogP contribution in [0.1, 0.15) is 0 Å². The molecule has 0 unspecified atom stereocenters. The Hall–Kier alpha value is -2.24. The predicted molar refractivity (Wildman–Crippen MR) is 60.8 cm³/mol. The van der Waals surface area contributed by atoms with E-state index in [1.807, 2.05) is 0 Å². The van der Waals surface area contributed by atoms with Crippen molar-refractivity contribution >= 4 is 5.69 Å². The summed E-state index contributed by atoms with van der Waals surface area (Å²) in [5.74, 6) is -0.280. The van der Waals surface area contributed by atoms with Gasteiger partial charge in [-0.15, -0.1) is 13.2 Å². The van der Waals surface area contributed by atoms with E-state index in [1.54, 1.807) is 6.07 Å². The van der Waals surface area contributed by atoms with Crippen molar-refractivity contribution in [3.8, 4) is 16.9 Å². The predicted octanol–water partition coefficient (Wildman–Crippen LogP) is 3.23. The number of aromatic nitrogens is 1. The molecule has 0 atom stereocenters. The molecule has 6 heteroatoms. The molecule has 0 spiro atoms. The highest BCUT2D eigenvalue weighted by atomic mass is 19.4. The Morgan fingerprint density at radius 3 is 2.50 bits per heavy atom. The number of hydrogen-bond acceptors (Lipinski definition) is 3. The molecule has 0 fully saturated rings. The van der Waals surface area contributed by atoms with Crippen molar-refractivity contribution in [2.45, 2.75) is 6.36 Å². The number of para-hydroxylation sites is 1. The van der Waals surface area contributed by atoms with Gasteiger partial charge in [-0.1, -0.05) is 18.2 Å². The van der Waals surface area contributed by atoms with E-state index in [-0.39, 0.29) is 11.3 Å². The first-order valence-corrected chi connectivity index (χ1v) is 5.01. The van der Waals surface area contributed by atoms with Crippen LogP contribution in [0.5, 0.6) is 5.75 Å². The Balaban J connectivity index is 2.45. The van der Waals surface area contributed by atoms with Crippen molar-refractivity contribution in [1.82, 2.24) is 4.98 Å². The van der Waals surface area contributed by atoms with Gasteiger partial charge in [0.15, 0.2) is 0 Å². The Morgan fingerprint density at radius 1 is 1.11 bits per heavy atom. The maximum atomic E-state index is 12.3. The van der Waals surface area contributed by atoms with Gasteiger partial charge in [0.2, 0.25) is 0 Å². The lowest BCUT2D eigenvalue weighted by Crippen LogP contribution is -2.17. The van der Waals surface area contributed by atoms with Crippen molar-refractivity contribution in [1.29, 1.82) is 0 Å². The Bertz CT molecular complexity index is 555.